The zero-order valence-corrected chi connectivity index (χ0v) is 14.4. The van der Waals surface area contributed by atoms with Crippen LogP contribution in [0.2, 0.25) is 5.02 Å². The molecule has 3 nitrogen and oxygen atoms in total. The van der Waals surface area contributed by atoms with E-state index in [0.29, 0.717) is 22.3 Å². The summed E-state index contributed by atoms with van der Waals surface area (Å²) in [5.74, 6) is 1.53. The molecule has 0 unspecified atom stereocenters. The van der Waals surface area contributed by atoms with Gasteiger partial charge in [0.05, 0.1) is 14.3 Å². The fourth-order valence-electron chi connectivity index (χ4n) is 2.17. The third-order valence-corrected chi connectivity index (χ3v) is 4.73. The number of benzene rings is 1. The molecule has 1 aromatic heterocycles. The van der Waals surface area contributed by atoms with Crippen LogP contribution in [0.15, 0.2) is 18.2 Å². The van der Waals surface area contributed by atoms with Gasteiger partial charge in [-0.25, -0.2) is 14.4 Å². The third-order valence-electron chi connectivity index (χ3n) is 3.36. The highest BCUT2D eigenvalue weighted by molar-refractivity contribution is 14.1. The van der Waals surface area contributed by atoms with Crippen LogP contribution in [-0.2, 0) is 0 Å². The Hall–Kier alpha value is -0.950. The molecular formula is C15H14ClFIN3. The first-order valence-corrected chi connectivity index (χ1v) is 8.32. The molecule has 6 heteroatoms. The van der Waals surface area contributed by atoms with Crippen molar-refractivity contribution in [2.75, 3.05) is 11.9 Å². The van der Waals surface area contributed by atoms with Crippen molar-refractivity contribution in [3.8, 4) is 11.4 Å². The van der Waals surface area contributed by atoms with Crippen LogP contribution >= 0.6 is 34.2 Å². The predicted octanol–water partition coefficient (Wildman–Crippen LogP) is 4.85. The maximum Gasteiger partial charge on any atom is 0.163 e. The Labute approximate surface area is 141 Å². The van der Waals surface area contributed by atoms with Crippen LogP contribution in [0.1, 0.15) is 31.4 Å². The minimum Gasteiger partial charge on any atom is -0.369 e. The standard InChI is InChI=1S/C15H14ClFIN3/c1-2-19-15-12(18)13(8-3-4-8)20-14(21-15)10-6-5-9(17)7-11(10)16/h5-8H,2-4H2,1H3,(H,19,20,21). The van der Waals surface area contributed by atoms with Crippen LogP contribution < -0.4 is 5.32 Å². The lowest BCUT2D eigenvalue weighted by Gasteiger charge is -2.12. The van der Waals surface area contributed by atoms with Crippen LogP contribution in [0.25, 0.3) is 11.4 Å². The topological polar surface area (TPSA) is 37.8 Å². The molecule has 1 aliphatic carbocycles. The number of halogens is 3. The average Bonchev–Trinajstić information content (AvgIpc) is 3.26. The summed E-state index contributed by atoms with van der Waals surface area (Å²) in [6.07, 6.45) is 2.32. The molecule has 2 aromatic rings. The summed E-state index contributed by atoms with van der Waals surface area (Å²) in [6.45, 7) is 2.81. The van der Waals surface area contributed by atoms with E-state index >= 15 is 0 Å². The van der Waals surface area contributed by atoms with Gasteiger partial charge in [0.15, 0.2) is 5.82 Å². The fraction of sp³-hybridized carbons (Fsp3) is 0.333. The summed E-state index contributed by atoms with van der Waals surface area (Å²) in [5.41, 5.74) is 1.73. The molecule has 0 amide bonds. The van der Waals surface area contributed by atoms with E-state index in [1.54, 1.807) is 6.07 Å². The Kier molecular flexibility index (Phi) is 4.31. The number of aromatic nitrogens is 2. The van der Waals surface area contributed by atoms with Crippen molar-refractivity contribution in [2.24, 2.45) is 0 Å². The van der Waals surface area contributed by atoms with Gasteiger partial charge in [-0.3, -0.25) is 0 Å². The third kappa shape index (κ3) is 3.13. The molecule has 0 aliphatic heterocycles. The van der Waals surface area contributed by atoms with E-state index in [4.69, 9.17) is 11.6 Å². The predicted molar refractivity (Wildman–Crippen MR) is 91.3 cm³/mol. The van der Waals surface area contributed by atoms with Crippen molar-refractivity contribution in [1.29, 1.82) is 0 Å². The Morgan fingerprint density at radius 1 is 1.38 bits per heavy atom. The fourth-order valence-corrected chi connectivity index (χ4v) is 3.29. The summed E-state index contributed by atoms with van der Waals surface area (Å²) in [5, 5.41) is 3.60. The number of rotatable bonds is 4. The molecule has 1 aliphatic rings. The molecule has 3 rings (SSSR count). The quantitative estimate of drug-likeness (QED) is 0.723. The second-order valence-electron chi connectivity index (χ2n) is 5.02. The van der Waals surface area contributed by atoms with Gasteiger partial charge in [0.1, 0.15) is 11.6 Å². The van der Waals surface area contributed by atoms with E-state index < -0.39 is 0 Å². The van der Waals surface area contributed by atoms with Gasteiger partial charge in [-0.1, -0.05) is 11.6 Å². The molecule has 0 atom stereocenters. The molecule has 0 saturated heterocycles. The summed E-state index contributed by atoms with van der Waals surface area (Å²) in [6, 6.07) is 4.31. The number of hydrogen-bond acceptors (Lipinski definition) is 3. The van der Waals surface area contributed by atoms with Gasteiger partial charge in [-0.15, -0.1) is 0 Å². The lowest BCUT2D eigenvalue weighted by atomic mass is 10.2. The van der Waals surface area contributed by atoms with E-state index in [1.165, 1.54) is 12.1 Å². The van der Waals surface area contributed by atoms with Crippen LogP contribution in [0.5, 0.6) is 0 Å². The van der Waals surface area contributed by atoms with Crippen molar-refractivity contribution >= 4 is 40.0 Å². The molecule has 0 radical (unpaired) electrons. The van der Waals surface area contributed by atoms with E-state index in [9.17, 15) is 4.39 Å². The Balaban J connectivity index is 2.13. The lowest BCUT2D eigenvalue weighted by Crippen LogP contribution is -2.07. The summed E-state index contributed by atoms with van der Waals surface area (Å²) in [7, 11) is 0. The van der Waals surface area contributed by atoms with Crippen molar-refractivity contribution in [1.82, 2.24) is 9.97 Å². The first kappa shape index (κ1) is 15.0. The molecular weight excluding hydrogens is 404 g/mol. The molecule has 1 saturated carbocycles. The highest BCUT2D eigenvalue weighted by atomic mass is 127. The summed E-state index contributed by atoms with van der Waals surface area (Å²) >= 11 is 8.43. The second kappa shape index (κ2) is 6.04. The number of nitrogens with zero attached hydrogens (tertiary/aromatic N) is 2. The molecule has 1 aromatic carbocycles. The Bertz CT molecular complexity index is 689. The molecule has 0 spiro atoms. The maximum atomic E-state index is 13.2. The normalized spacial score (nSPS) is 14.3. The maximum absolute atomic E-state index is 13.2. The first-order chi connectivity index (χ1) is 10.1. The lowest BCUT2D eigenvalue weighted by molar-refractivity contribution is 0.628. The van der Waals surface area contributed by atoms with Crippen molar-refractivity contribution in [2.45, 2.75) is 25.7 Å². The van der Waals surface area contributed by atoms with Crippen molar-refractivity contribution < 1.29 is 4.39 Å². The number of nitrogens with one attached hydrogen (secondary N) is 1. The molecule has 21 heavy (non-hydrogen) atoms. The van der Waals surface area contributed by atoms with E-state index in [-0.39, 0.29) is 5.82 Å². The Morgan fingerprint density at radius 2 is 2.14 bits per heavy atom. The van der Waals surface area contributed by atoms with Gasteiger partial charge in [0.2, 0.25) is 0 Å². The first-order valence-electron chi connectivity index (χ1n) is 6.87. The summed E-state index contributed by atoms with van der Waals surface area (Å²) < 4.78 is 14.3. The molecule has 0 bridgehead atoms. The molecule has 1 fully saturated rings. The van der Waals surface area contributed by atoms with Gasteiger partial charge < -0.3 is 5.32 Å². The minimum absolute atomic E-state index is 0.334. The van der Waals surface area contributed by atoms with Gasteiger partial charge in [0, 0.05) is 18.0 Å². The number of anilines is 1. The van der Waals surface area contributed by atoms with Gasteiger partial charge >= 0.3 is 0 Å². The van der Waals surface area contributed by atoms with Crippen molar-refractivity contribution in [3.63, 3.8) is 0 Å². The molecule has 1 N–H and O–H groups in total. The number of hydrogen-bond donors (Lipinski definition) is 1. The van der Waals surface area contributed by atoms with Crippen LogP contribution in [-0.4, -0.2) is 16.5 Å². The smallest absolute Gasteiger partial charge is 0.163 e. The van der Waals surface area contributed by atoms with E-state index in [2.05, 4.69) is 37.9 Å². The summed E-state index contributed by atoms with van der Waals surface area (Å²) in [4.78, 5) is 9.23. The second-order valence-corrected chi connectivity index (χ2v) is 6.51. The van der Waals surface area contributed by atoms with Crippen LogP contribution in [0.4, 0.5) is 10.2 Å². The highest BCUT2D eigenvalue weighted by Gasteiger charge is 2.29. The van der Waals surface area contributed by atoms with Gasteiger partial charge in [-0.05, 0) is 60.6 Å². The largest absolute Gasteiger partial charge is 0.369 e. The van der Waals surface area contributed by atoms with Crippen molar-refractivity contribution in [3.05, 3.63) is 38.3 Å². The van der Waals surface area contributed by atoms with Gasteiger partial charge in [0.25, 0.3) is 0 Å². The highest BCUT2D eigenvalue weighted by Crippen LogP contribution is 2.43. The van der Waals surface area contributed by atoms with Gasteiger partial charge in [-0.2, -0.15) is 0 Å². The van der Waals surface area contributed by atoms with E-state index in [0.717, 1.165) is 34.5 Å². The minimum atomic E-state index is -0.358. The zero-order chi connectivity index (χ0) is 15.0. The van der Waals surface area contributed by atoms with Crippen LogP contribution in [0, 0.1) is 9.39 Å². The molecule has 1 heterocycles. The average molecular weight is 418 g/mol. The SMILES string of the molecule is CCNc1nc(-c2ccc(F)cc2Cl)nc(C2CC2)c1I. The van der Waals surface area contributed by atoms with Crippen LogP contribution in [0.3, 0.4) is 0 Å². The monoisotopic (exact) mass is 417 g/mol. The van der Waals surface area contributed by atoms with E-state index in [1.807, 2.05) is 6.92 Å². The Morgan fingerprint density at radius 3 is 2.76 bits per heavy atom. The molecule has 110 valence electrons. The zero-order valence-electron chi connectivity index (χ0n) is 11.5.